The first-order valence-corrected chi connectivity index (χ1v) is 6.02. The molecule has 0 bridgehead atoms. The summed E-state index contributed by atoms with van der Waals surface area (Å²) in [5.41, 5.74) is 2.18. The Morgan fingerprint density at radius 2 is 2.26 bits per heavy atom. The van der Waals surface area contributed by atoms with Gasteiger partial charge >= 0.3 is 0 Å². The van der Waals surface area contributed by atoms with Crippen LogP contribution in [-0.4, -0.2) is 29.7 Å². The Morgan fingerprint density at radius 1 is 1.53 bits per heavy atom. The zero-order chi connectivity index (χ0) is 13.7. The summed E-state index contributed by atoms with van der Waals surface area (Å²) in [7, 11) is 0. The van der Waals surface area contributed by atoms with Gasteiger partial charge in [-0.15, -0.1) is 0 Å². The predicted octanol–water partition coefficient (Wildman–Crippen LogP) is 1.08. The van der Waals surface area contributed by atoms with Crippen molar-refractivity contribution in [3.63, 3.8) is 0 Å². The van der Waals surface area contributed by atoms with E-state index >= 15 is 0 Å². The molecular formula is C11H16N4O4. The van der Waals surface area contributed by atoms with E-state index < -0.39 is 4.92 Å². The molecule has 8 heteroatoms. The molecule has 2 heterocycles. The zero-order valence-electron chi connectivity index (χ0n) is 10.4. The molecule has 0 unspecified atom stereocenters. The van der Waals surface area contributed by atoms with Crippen LogP contribution in [0.4, 0.5) is 11.5 Å². The average Bonchev–Trinajstić information content (AvgIpc) is 2.45. The van der Waals surface area contributed by atoms with Gasteiger partial charge in [-0.05, 0) is 18.8 Å². The topological polar surface area (TPSA) is 113 Å². The molecule has 0 amide bonds. The van der Waals surface area contributed by atoms with Crippen LogP contribution in [0.3, 0.4) is 0 Å². The van der Waals surface area contributed by atoms with Gasteiger partial charge in [0.1, 0.15) is 0 Å². The molecule has 1 aromatic heterocycles. The third-order valence-electron chi connectivity index (χ3n) is 2.95. The molecular weight excluding hydrogens is 252 g/mol. The number of nitrogens with zero attached hydrogens (tertiary/aromatic N) is 2. The van der Waals surface area contributed by atoms with Crippen molar-refractivity contribution in [2.24, 2.45) is 11.8 Å². The second kappa shape index (κ2) is 6.30. The number of ether oxygens (including phenoxy) is 2. The summed E-state index contributed by atoms with van der Waals surface area (Å²) in [6.07, 6.45) is 1.86. The number of pyridine rings is 1. The number of rotatable bonds is 5. The number of hydrogen-bond acceptors (Lipinski definition) is 7. The van der Waals surface area contributed by atoms with Gasteiger partial charge in [-0.25, -0.2) is 5.84 Å². The van der Waals surface area contributed by atoms with E-state index in [1.54, 1.807) is 0 Å². The highest BCUT2D eigenvalue weighted by atomic mass is 16.6. The van der Waals surface area contributed by atoms with Gasteiger partial charge in [0, 0.05) is 13.2 Å². The molecule has 0 spiro atoms. The van der Waals surface area contributed by atoms with Crippen LogP contribution in [0.2, 0.25) is 0 Å². The van der Waals surface area contributed by atoms with Crippen LogP contribution >= 0.6 is 0 Å². The number of nitro groups is 1. The Morgan fingerprint density at radius 3 is 2.89 bits per heavy atom. The molecule has 0 radical (unpaired) electrons. The van der Waals surface area contributed by atoms with E-state index in [0.29, 0.717) is 12.5 Å². The van der Waals surface area contributed by atoms with Gasteiger partial charge in [-0.2, -0.15) is 4.98 Å². The quantitative estimate of drug-likeness (QED) is 0.466. The van der Waals surface area contributed by atoms with Crippen molar-refractivity contribution in [2.75, 3.05) is 25.2 Å². The van der Waals surface area contributed by atoms with Gasteiger partial charge in [0.05, 0.1) is 23.7 Å². The van der Waals surface area contributed by atoms with E-state index in [1.807, 2.05) is 0 Å². The van der Waals surface area contributed by atoms with E-state index in [0.717, 1.165) is 26.1 Å². The maximum Gasteiger partial charge on any atom is 0.278 e. The number of nitrogen functional groups attached to an aromatic ring is 1. The minimum Gasteiger partial charge on any atom is -0.477 e. The summed E-state index contributed by atoms with van der Waals surface area (Å²) in [4.78, 5) is 14.3. The number of anilines is 1. The molecule has 1 fully saturated rings. The number of nitrogens with two attached hydrogens (primary N) is 1. The van der Waals surface area contributed by atoms with Crippen LogP contribution in [0.5, 0.6) is 5.88 Å². The summed E-state index contributed by atoms with van der Waals surface area (Å²) in [6, 6.07) is 2.54. The lowest BCUT2D eigenvalue weighted by molar-refractivity contribution is -0.384. The molecule has 1 aliphatic rings. The average molecular weight is 268 g/mol. The molecule has 3 N–H and O–H groups in total. The molecule has 19 heavy (non-hydrogen) atoms. The number of hydrogen-bond donors (Lipinski definition) is 2. The Hall–Kier alpha value is -1.93. The number of hydrazine groups is 1. The predicted molar refractivity (Wildman–Crippen MR) is 67.7 cm³/mol. The summed E-state index contributed by atoms with van der Waals surface area (Å²) in [6.45, 7) is 1.93. The Kier molecular flexibility index (Phi) is 4.48. The Bertz CT molecular complexity index is 448. The molecule has 2 rings (SSSR count). The Balaban J connectivity index is 2.02. The van der Waals surface area contributed by atoms with Gasteiger partial charge < -0.3 is 14.9 Å². The lowest BCUT2D eigenvalue weighted by Gasteiger charge is -2.21. The van der Waals surface area contributed by atoms with Crippen molar-refractivity contribution in [1.82, 2.24) is 4.98 Å². The van der Waals surface area contributed by atoms with Gasteiger partial charge in [0.15, 0.2) is 5.82 Å². The van der Waals surface area contributed by atoms with Crippen LogP contribution in [0, 0.1) is 16.0 Å². The summed E-state index contributed by atoms with van der Waals surface area (Å²) >= 11 is 0. The van der Waals surface area contributed by atoms with Crippen molar-refractivity contribution in [3.8, 4) is 5.88 Å². The summed E-state index contributed by atoms with van der Waals surface area (Å²) < 4.78 is 10.8. The second-order valence-corrected chi connectivity index (χ2v) is 4.32. The van der Waals surface area contributed by atoms with Crippen molar-refractivity contribution >= 4 is 11.5 Å². The molecule has 8 nitrogen and oxygen atoms in total. The van der Waals surface area contributed by atoms with E-state index in [1.165, 1.54) is 12.1 Å². The highest BCUT2D eigenvalue weighted by Crippen LogP contribution is 2.23. The second-order valence-electron chi connectivity index (χ2n) is 4.32. The lowest BCUT2D eigenvalue weighted by atomic mass is 10.0. The van der Waals surface area contributed by atoms with Gasteiger partial charge in [-0.1, -0.05) is 0 Å². The highest BCUT2D eigenvalue weighted by Gasteiger charge is 2.16. The van der Waals surface area contributed by atoms with Crippen LogP contribution in [0.15, 0.2) is 12.1 Å². The summed E-state index contributed by atoms with van der Waals surface area (Å²) in [5, 5.41) is 10.8. The molecule has 1 aromatic rings. The molecule has 0 atom stereocenters. The Labute approximate surface area is 110 Å². The third-order valence-corrected chi connectivity index (χ3v) is 2.95. The molecule has 1 aliphatic heterocycles. The minimum absolute atomic E-state index is 0.107. The largest absolute Gasteiger partial charge is 0.477 e. The third kappa shape index (κ3) is 3.76. The van der Waals surface area contributed by atoms with Crippen molar-refractivity contribution in [3.05, 3.63) is 22.2 Å². The van der Waals surface area contributed by atoms with Gasteiger partial charge in [-0.3, -0.25) is 10.1 Å². The van der Waals surface area contributed by atoms with Crippen molar-refractivity contribution in [1.29, 1.82) is 0 Å². The number of nitrogens with one attached hydrogen (secondary N) is 1. The summed E-state index contributed by atoms with van der Waals surface area (Å²) in [5.74, 6) is 6.02. The van der Waals surface area contributed by atoms with Gasteiger partial charge in [0.2, 0.25) is 5.88 Å². The van der Waals surface area contributed by atoms with E-state index in [-0.39, 0.29) is 17.4 Å². The van der Waals surface area contributed by atoms with Crippen LogP contribution < -0.4 is 16.0 Å². The fourth-order valence-electron chi connectivity index (χ4n) is 1.86. The normalized spacial score (nSPS) is 16.1. The number of aromatic nitrogens is 1. The zero-order valence-corrected chi connectivity index (χ0v) is 10.4. The smallest absolute Gasteiger partial charge is 0.278 e. The van der Waals surface area contributed by atoms with E-state index in [4.69, 9.17) is 15.3 Å². The maximum absolute atomic E-state index is 10.8. The highest BCUT2D eigenvalue weighted by molar-refractivity contribution is 5.47. The fourth-order valence-corrected chi connectivity index (χ4v) is 1.86. The molecule has 0 aromatic carbocycles. The molecule has 1 saturated heterocycles. The first-order valence-electron chi connectivity index (χ1n) is 6.02. The van der Waals surface area contributed by atoms with Crippen LogP contribution in [0.1, 0.15) is 12.8 Å². The van der Waals surface area contributed by atoms with Crippen molar-refractivity contribution < 1.29 is 14.4 Å². The van der Waals surface area contributed by atoms with Crippen molar-refractivity contribution in [2.45, 2.75) is 12.8 Å². The van der Waals surface area contributed by atoms with Crippen LogP contribution in [0.25, 0.3) is 0 Å². The first-order chi connectivity index (χ1) is 9.19. The molecule has 104 valence electrons. The van der Waals surface area contributed by atoms with E-state index in [2.05, 4.69) is 10.4 Å². The van der Waals surface area contributed by atoms with E-state index in [9.17, 15) is 10.1 Å². The standard InChI is InChI=1S/C11H16N4O4/c12-14-10-5-9(15(16)17)6-11(13-10)19-7-8-1-3-18-4-2-8/h5-6,8H,1-4,7,12H2,(H,13,14). The molecule has 0 aliphatic carbocycles. The fraction of sp³-hybridized carbons (Fsp3) is 0.545. The monoisotopic (exact) mass is 268 g/mol. The van der Waals surface area contributed by atoms with Crippen LogP contribution in [-0.2, 0) is 4.74 Å². The molecule has 0 saturated carbocycles. The minimum atomic E-state index is -0.510. The maximum atomic E-state index is 10.8. The SMILES string of the molecule is NNc1cc([N+](=O)[O-])cc(OCC2CCOCC2)n1. The lowest BCUT2D eigenvalue weighted by Crippen LogP contribution is -2.21. The van der Waals surface area contributed by atoms with Gasteiger partial charge in [0.25, 0.3) is 5.69 Å². The first kappa shape index (κ1) is 13.5.